The quantitative estimate of drug-likeness (QED) is 0.159. The lowest BCUT2D eigenvalue weighted by molar-refractivity contribution is 1.19. The molecule has 0 saturated heterocycles. The van der Waals surface area contributed by atoms with Gasteiger partial charge < -0.3 is 0 Å². The van der Waals surface area contributed by atoms with Crippen molar-refractivity contribution in [2.75, 3.05) is 0 Å². The van der Waals surface area contributed by atoms with Gasteiger partial charge in [0.25, 0.3) is 0 Å². The van der Waals surface area contributed by atoms with Crippen LogP contribution < -0.4 is 0 Å². The van der Waals surface area contributed by atoms with E-state index in [1.54, 1.807) is 0 Å². The van der Waals surface area contributed by atoms with Gasteiger partial charge in [0.1, 0.15) is 0 Å². The van der Waals surface area contributed by atoms with E-state index in [4.69, 9.17) is 9.97 Å². The Kier molecular flexibility index (Phi) is 9.26. The Morgan fingerprint density at radius 1 is 0.273 bits per heavy atom. The molecule has 0 unspecified atom stereocenters. The van der Waals surface area contributed by atoms with Crippen molar-refractivity contribution in [3.63, 3.8) is 0 Å². The first-order chi connectivity index (χ1) is 32.7. The Balaban J connectivity index is 1.17. The van der Waals surface area contributed by atoms with Gasteiger partial charge in [-0.1, -0.05) is 206 Å². The maximum atomic E-state index is 5.72. The van der Waals surface area contributed by atoms with E-state index in [1.807, 2.05) is 22.7 Å². The number of nitrogens with zero attached hydrogens (tertiary/aromatic N) is 2. The van der Waals surface area contributed by atoms with Crippen molar-refractivity contribution in [1.29, 1.82) is 0 Å². The molecule has 0 spiro atoms. The summed E-state index contributed by atoms with van der Waals surface area (Å²) in [6.45, 7) is 0. The molecule has 13 aromatic rings. The Bertz CT molecular complexity index is 3860. The lowest BCUT2D eigenvalue weighted by atomic mass is 9.81. The summed E-state index contributed by atoms with van der Waals surface area (Å²) >= 11 is 3.67. The van der Waals surface area contributed by atoms with Crippen LogP contribution in [0, 0.1) is 0 Å². The molecule has 3 heterocycles. The minimum atomic E-state index is 0.679. The maximum Gasteiger partial charge on any atom is 0.161 e. The minimum Gasteiger partial charge on any atom is -0.228 e. The minimum absolute atomic E-state index is 0.679. The van der Waals surface area contributed by atoms with E-state index in [0.717, 1.165) is 67.0 Å². The third kappa shape index (κ3) is 6.37. The van der Waals surface area contributed by atoms with E-state index >= 15 is 0 Å². The molecular weight excluding hydrogens is 837 g/mol. The van der Waals surface area contributed by atoms with Crippen molar-refractivity contribution >= 4 is 73.8 Å². The fourth-order valence-corrected chi connectivity index (χ4v) is 12.4. The fraction of sp³-hybridized carbons (Fsp3) is 0. The Labute approximate surface area is 390 Å². The normalized spacial score (nSPS) is 11.6. The van der Waals surface area contributed by atoms with Crippen LogP contribution in [0.2, 0.25) is 0 Å². The highest BCUT2D eigenvalue weighted by Gasteiger charge is 2.25. The molecule has 4 heteroatoms. The van der Waals surface area contributed by atoms with Crippen LogP contribution in [0.1, 0.15) is 0 Å². The second-order valence-corrected chi connectivity index (χ2v) is 18.8. The van der Waals surface area contributed by atoms with Gasteiger partial charge in [-0.05, 0) is 74.0 Å². The largest absolute Gasteiger partial charge is 0.228 e. The van der Waals surface area contributed by atoms with Gasteiger partial charge in [0.05, 0.1) is 11.4 Å². The molecule has 308 valence electrons. The van der Waals surface area contributed by atoms with E-state index < -0.39 is 0 Å². The summed E-state index contributed by atoms with van der Waals surface area (Å²) in [4.78, 5) is 11.4. The molecule has 0 aliphatic heterocycles. The Morgan fingerprint density at radius 2 is 0.727 bits per heavy atom. The first-order valence-corrected chi connectivity index (χ1v) is 23.9. The van der Waals surface area contributed by atoms with Crippen molar-refractivity contribution in [2.45, 2.75) is 0 Å². The standard InChI is InChI=1S/C62H38N2S2/c1-3-18-39(19-4-1)43-25-9-10-28-47(43)59-53(37-36-48(58(59)41-21-5-2-6-22-41)44-29-15-23-40-20-7-8-24-42(40)44)62-63-54(51-32-16-30-49-45-26-11-13-34-56(45)65-60(49)51)38-55(64-62)52-33-17-31-50-46-27-12-14-35-57(46)66-61(50)52/h1-38H. The van der Waals surface area contributed by atoms with Gasteiger partial charge in [-0.15, -0.1) is 22.7 Å². The van der Waals surface area contributed by atoms with E-state index in [1.165, 1.54) is 56.7 Å². The number of benzene rings is 10. The molecular formula is C62H38N2S2. The van der Waals surface area contributed by atoms with E-state index in [2.05, 4.69) is 231 Å². The third-order valence-electron chi connectivity index (χ3n) is 13.0. The number of hydrogen-bond acceptors (Lipinski definition) is 4. The molecule has 66 heavy (non-hydrogen) atoms. The maximum absolute atomic E-state index is 5.72. The van der Waals surface area contributed by atoms with Crippen molar-refractivity contribution < 1.29 is 0 Å². The number of thiophene rings is 2. The molecule has 10 aromatic carbocycles. The summed E-state index contributed by atoms with van der Waals surface area (Å²) < 4.78 is 4.97. The van der Waals surface area contributed by atoms with E-state index in [-0.39, 0.29) is 0 Å². The average Bonchev–Trinajstić information content (AvgIpc) is 3.97. The molecule has 0 amide bonds. The highest BCUT2D eigenvalue weighted by molar-refractivity contribution is 7.26. The van der Waals surface area contributed by atoms with Crippen LogP contribution in [0.4, 0.5) is 0 Å². The zero-order valence-electron chi connectivity index (χ0n) is 35.7. The first kappa shape index (κ1) is 38.4. The van der Waals surface area contributed by atoms with Crippen LogP contribution >= 0.6 is 22.7 Å². The van der Waals surface area contributed by atoms with Crippen LogP contribution in [0.15, 0.2) is 231 Å². The highest BCUT2D eigenvalue weighted by Crippen LogP contribution is 2.50. The summed E-state index contributed by atoms with van der Waals surface area (Å²) in [6, 6.07) is 83.4. The number of rotatable bonds is 7. The van der Waals surface area contributed by atoms with Gasteiger partial charge in [0.2, 0.25) is 0 Å². The van der Waals surface area contributed by atoms with Crippen LogP contribution in [0.5, 0.6) is 0 Å². The van der Waals surface area contributed by atoms with Crippen molar-refractivity contribution in [3.8, 4) is 78.4 Å². The molecule has 0 aliphatic carbocycles. The van der Waals surface area contributed by atoms with Crippen molar-refractivity contribution in [3.05, 3.63) is 231 Å². The molecule has 0 atom stereocenters. The summed E-state index contributed by atoms with van der Waals surface area (Å²) in [5.74, 6) is 0.679. The SMILES string of the molecule is c1ccc(-c2ccccc2-c2c(-c3nc(-c4cccc5c4sc4ccccc45)cc(-c4cccc5c4sc4ccccc45)n3)ccc(-c3cccc4ccccc34)c2-c2ccccc2)cc1. The zero-order valence-corrected chi connectivity index (χ0v) is 37.3. The molecule has 0 radical (unpaired) electrons. The van der Waals surface area contributed by atoms with Gasteiger partial charge in [-0.2, -0.15) is 0 Å². The molecule has 2 nitrogen and oxygen atoms in total. The van der Waals surface area contributed by atoms with Crippen LogP contribution in [-0.2, 0) is 0 Å². The zero-order chi connectivity index (χ0) is 43.6. The third-order valence-corrected chi connectivity index (χ3v) is 15.4. The monoisotopic (exact) mass is 874 g/mol. The molecule has 13 rings (SSSR count). The summed E-state index contributed by atoms with van der Waals surface area (Å²) in [5.41, 5.74) is 14.1. The summed E-state index contributed by atoms with van der Waals surface area (Å²) in [5, 5.41) is 7.42. The summed E-state index contributed by atoms with van der Waals surface area (Å²) in [7, 11) is 0. The molecule has 0 fully saturated rings. The number of fused-ring (bicyclic) bond motifs is 7. The van der Waals surface area contributed by atoms with E-state index in [0.29, 0.717) is 5.82 Å². The molecule has 3 aromatic heterocycles. The van der Waals surface area contributed by atoms with Crippen molar-refractivity contribution in [1.82, 2.24) is 9.97 Å². The van der Waals surface area contributed by atoms with Crippen LogP contribution in [-0.4, -0.2) is 9.97 Å². The second kappa shape index (κ2) is 15.9. The van der Waals surface area contributed by atoms with Gasteiger partial charge in [-0.3, -0.25) is 0 Å². The molecule has 0 bridgehead atoms. The van der Waals surface area contributed by atoms with E-state index in [9.17, 15) is 0 Å². The van der Waals surface area contributed by atoms with Gasteiger partial charge in [0, 0.05) is 62.6 Å². The lowest BCUT2D eigenvalue weighted by Crippen LogP contribution is -2.01. The summed E-state index contributed by atoms with van der Waals surface area (Å²) in [6.07, 6.45) is 0. The van der Waals surface area contributed by atoms with Crippen molar-refractivity contribution in [2.24, 2.45) is 0 Å². The highest BCUT2D eigenvalue weighted by atomic mass is 32.1. The predicted molar refractivity (Wildman–Crippen MR) is 283 cm³/mol. The van der Waals surface area contributed by atoms with Gasteiger partial charge >= 0.3 is 0 Å². The first-order valence-electron chi connectivity index (χ1n) is 22.3. The molecule has 0 aliphatic rings. The molecule has 0 saturated carbocycles. The number of hydrogen-bond donors (Lipinski definition) is 0. The molecule has 0 N–H and O–H groups in total. The lowest BCUT2D eigenvalue weighted by Gasteiger charge is -2.23. The van der Waals surface area contributed by atoms with Crippen LogP contribution in [0.25, 0.3) is 130 Å². The fourth-order valence-electron chi connectivity index (χ4n) is 9.97. The predicted octanol–water partition coefficient (Wildman–Crippen LogP) is 18.0. The Morgan fingerprint density at radius 3 is 1.38 bits per heavy atom. The topological polar surface area (TPSA) is 25.8 Å². The number of aromatic nitrogens is 2. The van der Waals surface area contributed by atoms with Crippen LogP contribution in [0.3, 0.4) is 0 Å². The average molecular weight is 875 g/mol. The second-order valence-electron chi connectivity index (χ2n) is 16.7. The van der Waals surface area contributed by atoms with Gasteiger partial charge in [0.15, 0.2) is 5.82 Å². The Hall–Kier alpha value is -8.02. The smallest absolute Gasteiger partial charge is 0.161 e. The van der Waals surface area contributed by atoms with Gasteiger partial charge in [-0.25, -0.2) is 9.97 Å².